The largest absolute Gasteiger partial charge is 0.456 e. The van der Waals surface area contributed by atoms with Crippen LogP contribution in [0.4, 0.5) is 0 Å². The van der Waals surface area contributed by atoms with Gasteiger partial charge in [-0.15, -0.1) is 0 Å². The molecule has 0 aliphatic rings. The molecule has 1 aromatic carbocycles. The number of pyridine rings is 1. The van der Waals surface area contributed by atoms with Gasteiger partial charge in [0, 0.05) is 0 Å². The summed E-state index contributed by atoms with van der Waals surface area (Å²) in [5, 5.41) is 9.43. The zero-order valence-electron chi connectivity index (χ0n) is 13.1. The second-order valence-electron chi connectivity index (χ2n) is 5.96. The highest BCUT2D eigenvalue weighted by Crippen LogP contribution is 2.29. The van der Waals surface area contributed by atoms with Crippen LogP contribution < -0.4 is 4.74 Å². The lowest BCUT2D eigenvalue weighted by atomic mass is 9.82. The number of hydrogen-bond acceptors (Lipinski definition) is 3. The number of rotatable bonds is 5. The lowest BCUT2D eigenvalue weighted by Gasteiger charge is -2.23. The first kappa shape index (κ1) is 15.5. The van der Waals surface area contributed by atoms with Crippen LogP contribution in [0.1, 0.15) is 51.5 Å². The molecule has 0 amide bonds. The molecule has 1 atom stereocenters. The van der Waals surface area contributed by atoms with E-state index in [9.17, 15) is 5.11 Å². The van der Waals surface area contributed by atoms with E-state index in [0.29, 0.717) is 11.4 Å². The quantitative estimate of drug-likeness (QED) is 0.872. The van der Waals surface area contributed by atoms with E-state index in [1.165, 1.54) is 5.56 Å². The van der Waals surface area contributed by atoms with Crippen molar-refractivity contribution in [3.8, 4) is 11.5 Å². The van der Waals surface area contributed by atoms with E-state index in [2.05, 4.69) is 37.9 Å². The molecule has 1 unspecified atom stereocenters. The Labute approximate surface area is 126 Å². The Bertz CT molecular complexity index is 571. The van der Waals surface area contributed by atoms with Crippen molar-refractivity contribution in [1.82, 2.24) is 4.98 Å². The highest BCUT2D eigenvalue weighted by molar-refractivity contribution is 5.34. The van der Waals surface area contributed by atoms with Gasteiger partial charge >= 0.3 is 0 Å². The fourth-order valence-electron chi connectivity index (χ4n) is 2.01. The van der Waals surface area contributed by atoms with Crippen molar-refractivity contribution in [3.63, 3.8) is 0 Å². The minimum atomic E-state index is -0.561. The second kappa shape index (κ2) is 6.27. The predicted molar refractivity (Wildman–Crippen MR) is 84.7 cm³/mol. The second-order valence-corrected chi connectivity index (χ2v) is 5.96. The summed E-state index contributed by atoms with van der Waals surface area (Å²) in [6.45, 7) is 8.36. The molecule has 2 rings (SSSR count). The highest BCUT2D eigenvalue weighted by atomic mass is 16.5. The lowest BCUT2D eigenvalue weighted by Crippen LogP contribution is -2.14. The Morgan fingerprint density at radius 2 is 1.71 bits per heavy atom. The van der Waals surface area contributed by atoms with Crippen molar-refractivity contribution in [1.29, 1.82) is 0 Å². The molecule has 0 saturated carbocycles. The van der Waals surface area contributed by atoms with Gasteiger partial charge in [-0.2, -0.15) is 0 Å². The fourth-order valence-corrected chi connectivity index (χ4v) is 2.01. The Kier molecular flexibility index (Phi) is 4.63. The van der Waals surface area contributed by atoms with Crippen molar-refractivity contribution in [2.24, 2.45) is 0 Å². The van der Waals surface area contributed by atoms with Gasteiger partial charge in [-0.05, 0) is 48.6 Å². The Balaban J connectivity index is 2.10. The number of ether oxygens (including phenoxy) is 1. The molecule has 3 nitrogen and oxygen atoms in total. The lowest BCUT2D eigenvalue weighted by molar-refractivity contribution is 0.194. The summed E-state index contributed by atoms with van der Waals surface area (Å²) >= 11 is 0. The molecule has 0 bridgehead atoms. The summed E-state index contributed by atoms with van der Waals surface area (Å²) in [6.07, 6.45) is 2.17. The van der Waals surface area contributed by atoms with E-state index in [0.717, 1.165) is 12.2 Å². The maximum absolute atomic E-state index is 9.43. The average molecular weight is 285 g/mol. The molecule has 21 heavy (non-hydrogen) atoms. The standard InChI is InChI=1S/C18H23NO2/c1-5-18(3,4)14-6-8-15(9-7-14)21-16-10-11-17(13(2)20)19-12-16/h6-13,20H,5H2,1-4H3. The zero-order valence-corrected chi connectivity index (χ0v) is 13.1. The van der Waals surface area contributed by atoms with Crippen molar-refractivity contribution in [3.05, 3.63) is 53.9 Å². The van der Waals surface area contributed by atoms with Gasteiger partial charge in [-0.3, -0.25) is 4.98 Å². The first-order chi connectivity index (χ1) is 9.92. The number of hydrogen-bond donors (Lipinski definition) is 1. The van der Waals surface area contributed by atoms with Crippen LogP contribution >= 0.6 is 0 Å². The zero-order chi connectivity index (χ0) is 15.5. The number of nitrogens with zero attached hydrogens (tertiary/aromatic N) is 1. The number of aliphatic hydroxyl groups is 1. The molecule has 1 N–H and O–H groups in total. The Hall–Kier alpha value is -1.87. The first-order valence-corrected chi connectivity index (χ1v) is 7.35. The van der Waals surface area contributed by atoms with Crippen LogP contribution in [0.2, 0.25) is 0 Å². The van der Waals surface area contributed by atoms with Gasteiger partial charge in [0.05, 0.1) is 18.0 Å². The SMILES string of the molecule is CCC(C)(C)c1ccc(Oc2ccc(C(C)O)nc2)cc1. The molecule has 0 aliphatic heterocycles. The van der Waals surface area contributed by atoms with E-state index in [1.807, 2.05) is 18.2 Å². The first-order valence-electron chi connectivity index (χ1n) is 7.35. The summed E-state index contributed by atoms with van der Waals surface area (Å²) in [6, 6.07) is 11.8. The molecule has 2 aromatic rings. The van der Waals surface area contributed by atoms with Gasteiger partial charge in [-0.25, -0.2) is 0 Å². The van der Waals surface area contributed by atoms with Gasteiger partial charge in [0.25, 0.3) is 0 Å². The normalized spacial score (nSPS) is 13.0. The van der Waals surface area contributed by atoms with E-state index < -0.39 is 6.10 Å². The summed E-state index contributed by atoms with van der Waals surface area (Å²) in [7, 11) is 0. The molecule has 0 radical (unpaired) electrons. The van der Waals surface area contributed by atoms with Crippen molar-refractivity contribution in [2.75, 3.05) is 0 Å². The third-order valence-electron chi connectivity index (χ3n) is 3.94. The molecule has 0 aliphatic carbocycles. The van der Waals surface area contributed by atoms with E-state index >= 15 is 0 Å². The monoisotopic (exact) mass is 285 g/mol. The highest BCUT2D eigenvalue weighted by Gasteiger charge is 2.17. The van der Waals surface area contributed by atoms with Gasteiger partial charge in [-0.1, -0.05) is 32.9 Å². The van der Waals surface area contributed by atoms with Crippen LogP contribution in [-0.4, -0.2) is 10.1 Å². The molecule has 0 saturated heterocycles. The van der Waals surface area contributed by atoms with Crippen LogP contribution in [0.5, 0.6) is 11.5 Å². The van der Waals surface area contributed by atoms with Crippen LogP contribution in [0.15, 0.2) is 42.6 Å². The predicted octanol–water partition coefficient (Wildman–Crippen LogP) is 4.61. The van der Waals surface area contributed by atoms with Gasteiger partial charge in [0.15, 0.2) is 0 Å². The molecule has 1 heterocycles. The summed E-state index contributed by atoms with van der Waals surface area (Å²) in [4.78, 5) is 4.17. The van der Waals surface area contributed by atoms with Gasteiger partial charge in [0.1, 0.15) is 11.5 Å². The van der Waals surface area contributed by atoms with Crippen molar-refractivity contribution in [2.45, 2.75) is 45.6 Å². The molecule has 3 heteroatoms. The molecule has 112 valence electrons. The third kappa shape index (κ3) is 3.82. The summed E-state index contributed by atoms with van der Waals surface area (Å²) < 4.78 is 5.77. The van der Waals surface area contributed by atoms with E-state index in [-0.39, 0.29) is 5.41 Å². The smallest absolute Gasteiger partial charge is 0.145 e. The summed E-state index contributed by atoms with van der Waals surface area (Å²) in [5.74, 6) is 1.46. The minimum Gasteiger partial charge on any atom is -0.456 e. The van der Waals surface area contributed by atoms with E-state index in [4.69, 9.17) is 4.74 Å². The van der Waals surface area contributed by atoms with E-state index in [1.54, 1.807) is 19.2 Å². The fraction of sp³-hybridized carbons (Fsp3) is 0.389. The molecular formula is C18H23NO2. The van der Waals surface area contributed by atoms with Crippen LogP contribution in [0.3, 0.4) is 0 Å². The van der Waals surface area contributed by atoms with Crippen molar-refractivity contribution < 1.29 is 9.84 Å². The molecular weight excluding hydrogens is 262 g/mol. The number of aromatic nitrogens is 1. The third-order valence-corrected chi connectivity index (χ3v) is 3.94. The minimum absolute atomic E-state index is 0.180. The van der Waals surface area contributed by atoms with Crippen LogP contribution in [0, 0.1) is 0 Å². The van der Waals surface area contributed by atoms with Crippen LogP contribution in [-0.2, 0) is 5.41 Å². The topological polar surface area (TPSA) is 42.4 Å². The molecule has 0 spiro atoms. The number of aliphatic hydroxyl groups excluding tert-OH is 1. The number of benzene rings is 1. The van der Waals surface area contributed by atoms with Gasteiger partial charge < -0.3 is 9.84 Å². The maximum atomic E-state index is 9.43. The van der Waals surface area contributed by atoms with Crippen LogP contribution in [0.25, 0.3) is 0 Å². The molecule has 1 aromatic heterocycles. The van der Waals surface area contributed by atoms with Gasteiger partial charge in [0.2, 0.25) is 0 Å². The molecule has 0 fully saturated rings. The Morgan fingerprint density at radius 1 is 1.10 bits per heavy atom. The average Bonchev–Trinajstić information content (AvgIpc) is 2.48. The Morgan fingerprint density at radius 3 is 2.19 bits per heavy atom. The van der Waals surface area contributed by atoms with Crippen molar-refractivity contribution >= 4 is 0 Å². The summed E-state index contributed by atoms with van der Waals surface area (Å²) in [5.41, 5.74) is 2.13. The maximum Gasteiger partial charge on any atom is 0.145 e.